The van der Waals surface area contributed by atoms with E-state index < -0.39 is 0 Å². The number of anilines is 1. The number of nitrogen functional groups attached to an aromatic ring is 1. The summed E-state index contributed by atoms with van der Waals surface area (Å²) in [6.45, 7) is 2.54. The molecule has 0 atom stereocenters. The number of aryl methyl sites for hydroxylation is 1. The smallest absolute Gasteiger partial charge is 0.260 e. The van der Waals surface area contributed by atoms with Crippen LogP contribution in [0, 0.1) is 6.92 Å². The van der Waals surface area contributed by atoms with Gasteiger partial charge in [0.15, 0.2) is 0 Å². The van der Waals surface area contributed by atoms with Crippen LogP contribution in [0.25, 0.3) is 10.8 Å². The van der Waals surface area contributed by atoms with Gasteiger partial charge < -0.3 is 5.73 Å². The van der Waals surface area contributed by atoms with Crippen molar-refractivity contribution in [2.75, 3.05) is 5.73 Å². The Bertz CT molecular complexity index is 834. The predicted octanol–water partition coefficient (Wildman–Crippen LogP) is 2.94. The molecular formula is C17H16N2O. The molecule has 0 amide bonds. The van der Waals surface area contributed by atoms with E-state index >= 15 is 0 Å². The van der Waals surface area contributed by atoms with Crippen molar-refractivity contribution in [1.82, 2.24) is 4.57 Å². The number of hydrogen-bond donors (Lipinski definition) is 1. The predicted molar refractivity (Wildman–Crippen MR) is 82.9 cm³/mol. The van der Waals surface area contributed by atoms with Gasteiger partial charge >= 0.3 is 0 Å². The number of rotatable bonds is 2. The Morgan fingerprint density at radius 2 is 1.75 bits per heavy atom. The largest absolute Gasteiger partial charge is 0.385 e. The topological polar surface area (TPSA) is 48.0 Å². The summed E-state index contributed by atoms with van der Waals surface area (Å²) in [5.74, 6) is 0.497. The van der Waals surface area contributed by atoms with E-state index in [0.29, 0.717) is 17.7 Å². The lowest BCUT2D eigenvalue weighted by molar-refractivity contribution is 0.776. The number of hydrogen-bond acceptors (Lipinski definition) is 2. The van der Waals surface area contributed by atoms with Crippen LogP contribution in [0.3, 0.4) is 0 Å². The molecule has 0 unspecified atom stereocenters. The maximum Gasteiger partial charge on any atom is 0.260 e. The molecule has 0 aliphatic heterocycles. The van der Waals surface area contributed by atoms with Crippen molar-refractivity contribution in [1.29, 1.82) is 0 Å². The highest BCUT2D eigenvalue weighted by Gasteiger charge is 2.08. The Morgan fingerprint density at radius 1 is 1.05 bits per heavy atom. The zero-order chi connectivity index (χ0) is 14.1. The first kappa shape index (κ1) is 12.5. The van der Waals surface area contributed by atoms with Crippen LogP contribution in [-0.2, 0) is 6.54 Å². The van der Waals surface area contributed by atoms with E-state index in [2.05, 4.69) is 0 Å². The number of fused-ring (bicyclic) bond motifs is 1. The molecule has 2 aromatic carbocycles. The third-order valence-electron chi connectivity index (χ3n) is 3.64. The van der Waals surface area contributed by atoms with Crippen LogP contribution in [0.4, 0.5) is 5.82 Å². The van der Waals surface area contributed by atoms with Crippen LogP contribution in [0.5, 0.6) is 0 Å². The number of nitrogens with two attached hydrogens (primary N) is 1. The quantitative estimate of drug-likeness (QED) is 0.773. The van der Waals surface area contributed by atoms with E-state index in [4.69, 9.17) is 5.73 Å². The summed E-state index contributed by atoms with van der Waals surface area (Å²) in [4.78, 5) is 12.5. The normalized spacial score (nSPS) is 10.8. The number of pyridine rings is 1. The first-order valence-electron chi connectivity index (χ1n) is 6.59. The van der Waals surface area contributed by atoms with Gasteiger partial charge in [-0.05, 0) is 35.6 Å². The van der Waals surface area contributed by atoms with Gasteiger partial charge in [-0.2, -0.15) is 0 Å². The highest BCUT2D eigenvalue weighted by molar-refractivity contribution is 5.83. The van der Waals surface area contributed by atoms with Gasteiger partial charge in [-0.15, -0.1) is 0 Å². The molecule has 20 heavy (non-hydrogen) atoms. The SMILES string of the molecule is Cc1ccccc1Cn1c(N)cc2ccccc2c1=O. The molecule has 3 rings (SSSR count). The first-order chi connectivity index (χ1) is 9.66. The van der Waals surface area contributed by atoms with Gasteiger partial charge in [0.2, 0.25) is 0 Å². The highest BCUT2D eigenvalue weighted by Crippen LogP contribution is 2.15. The van der Waals surface area contributed by atoms with Gasteiger partial charge in [0, 0.05) is 5.39 Å². The zero-order valence-electron chi connectivity index (χ0n) is 11.3. The van der Waals surface area contributed by atoms with E-state index in [1.807, 2.05) is 61.5 Å². The van der Waals surface area contributed by atoms with Crippen molar-refractivity contribution in [3.8, 4) is 0 Å². The first-order valence-corrected chi connectivity index (χ1v) is 6.59. The van der Waals surface area contributed by atoms with Gasteiger partial charge in [0.25, 0.3) is 5.56 Å². The molecule has 1 heterocycles. The fourth-order valence-corrected chi connectivity index (χ4v) is 2.44. The third-order valence-corrected chi connectivity index (χ3v) is 3.64. The fourth-order valence-electron chi connectivity index (χ4n) is 2.44. The summed E-state index contributed by atoms with van der Waals surface area (Å²) in [7, 11) is 0. The summed E-state index contributed by atoms with van der Waals surface area (Å²) in [5.41, 5.74) is 8.28. The molecule has 3 nitrogen and oxygen atoms in total. The van der Waals surface area contributed by atoms with Crippen molar-refractivity contribution in [3.05, 3.63) is 76.1 Å². The second kappa shape index (κ2) is 4.85. The molecule has 0 aliphatic rings. The summed E-state index contributed by atoms with van der Waals surface area (Å²) < 4.78 is 1.63. The van der Waals surface area contributed by atoms with Crippen molar-refractivity contribution in [2.24, 2.45) is 0 Å². The molecule has 0 radical (unpaired) electrons. The molecule has 0 saturated carbocycles. The molecule has 0 spiro atoms. The summed E-state index contributed by atoms with van der Waals surface area (Å²) >= 11 is 0. The lowest BCUT2D eigenvalue weighted by Gasteiger charge is -2.12. The van der Waals surface area contributed by atoms with E-state index in [-0.39, 0.29) is 5.56 Å². The van der Waals surface area contributed by atoms with Gasteiger partial charge in [-0.3, -0.25) is 9.36 Å². The van der Waals surface area contributed by atoms with Crippen molar-refractivity contribution < 1.29 is 0 Å². The van der Waals surface area contributed by atoms with Crippen molar-refractivity contribution >= 4 is 16.6 Å². The van der Waals surface area contributed by atoms with E-state index in [0.717, 1.165) is 16.5 Å². The molecule has 1 aromatic heterocycles. The third kappa shape index (κ3) is 2.07. The maximum absolute atomic E-state index is 12.5. The van der Waals surface area contributed by atoms with E-state index in [9.17, 15) is 4.79 Å². The Kier molecular flexibility index (Phi) is 3.03. The van der Waals surface area contributed by atoms with E-state index in [1.54, 1.807) is 4.57 Å². The van der Waals surface area contributed by atoms with Crippen LogP contribution in [-0.4, -0.2) is 4.57 Å². The van der Waals surface area contributed by atoms with Gasteiger partial charge in [0.1, 0.15) is 5.82 Å². The number of nitrogens with zero attached hydrogens (tertiary/aromatic N) is 1. The van der Waals surface area contributed by atoms with Crippen LogP contribution in [0.1, 0.15) is 11.1 Å². The molecule has 3 heteroatoms. The van der Waals surface area contributed by atoms with Gasteiger partial charge in [-0.1, -0.05) is 42.5 Å². The second-order valence-corrected chi connectivity index (χ2v) is 4.97. The average Bonchev–Trinajstić information content (AvgIpc) is 2.45. The molecule has 2 N–H and O–H groups in total. The second-order valence-electron chi connectivity index (χ2n) is 4.97. The molecule has 0 fully saturated rings. The summed E-state index contributed by atoms with van der Waals surface area (Å²) in [6, 6.07) is 17.4. The number of aromatic nitrogens is 1. The standard InChI is InChI=1S/C17H16N2O/c1-12-6-2-3-8-14(12)11-19-16(18)10-13-7-4-5-9-15(13)17(19)20/h2-10H,11,18H2,1H3. The summed E-state index contributed by atoms with van der Waals surface area (Å²) in [6.07, 6.45) is 0. The summed E-state index contributed by atoms with van der Waals surface area (Å²) in [5, 5.41) is 1.59. The minimum atomic E-state index is -0.0381. The Hall–Kier alpha value is -2.55. The van der Waals surface area contributed by atoms with Crippen molar-refractivity contribution in [3.63, 3.8) is 0 Å². The lowest BCUT2D eigenvalue weighted by Crippen LogP contribution is -2.23. The molecule has 3 aromatic rings. The van der Waals surface area contributed by atoms with Gasteiger partial charge in [0.05, 0.1) is 6.54 Å². The minimum absolute atomic E-state index is 0.0381. The molecule has 0 aliphatic carbocycles. The molecule has 0 saturated heterocycles. The fraction of sp³-hybridized carbons (Fsp3) is 0.118. The van der Waals surface area contributed by atoms with E-state index in [1.165, 1.54) is 0 Å². The number of benzene rings is 2. The Balaban J connectivity index is 2.17. The molecular weight excluding hydrogens is 248 g/mol. The van der Waals surface area contributed by atoms with Crippen LogP contribution < -0.4 is 11.3 Å². The molecule has 100 valence electrons. The average molecular weight is 264 g/mol. The Labute approximate surface area is 117 Å². The Morgan fingerprint density at radius 3 is 2.55 bits per heavy atom. The lowest BCUT2D eigenvalue weighted by atomic mass is 10.1. The maximum atomic E-state index is 12.5. The van der Waals surface area contributed by atoms with Gasteiger partial charge in [-0.25, -0.2) is 0 Å². The minimum Gasteiger partial charge on any atom is -0.385 e. The van der Waals surface area contributed by atoms with Crippen LogP contribution >= 0.6 is 0 Å². The molecule has 0 bridgehead atoms. The highest BCUT2D eigenvalue weighted by atomic mass is 16.1. The van der Waals surface area contributed by atoms with Crippen LogP contribution in [0.2, 0.25) is 0 Å². The van der Waals surface area contributed by atoms with Crippen LogP contribution in [0.15, 0.2) is 59.4 Å². The zero-order valence-corrected chi connectivity index (χ0v) is 11.3. The monoisotopic (exact) mass is 264 g/mol. The van der Waals surface area contributed by atoms with Crippen molar-refractivity contribution in [2.45, 2.75) is 13.5 Å².